The molecule has 3 aromatic rings. The fourth-order valence-electron chi connectivity index (χ4n) is 3.13. The van der Waals surface area contributed by atoms with Crippen LogP contribution in [0.1, 0.15) is 16.0 Å². The van der Waals surface area contributed by atoms with Crippen LogP contribution in [0.15, 0.2) is 24.5 Å². The molecule has 0 spiro atoms. The van der Waals surface area contributed by atoms with Gasteiger partial charge in [0.1, 0.15) is 22.8 Å². The van der Waals surface area contributed by atoms with E-state index in [1.807, 2.05) is 0 Å². The summed E-state index contributed by atoms with van der Waals surface area (Å²) in [7, 11) is 0. The van der Waals surface area contributed by atoms with E-state index >= 15 is 0 Å². The summed E-state index contributed by atoms with van der Waals surface area (Å²) >= 11 is 7.55. The van der Waals surface area contributed by atoms with Crippen LogP contribution in [0.4, 0.5) is 10.2 Å². The lowest BCUT2D eigenvalue weighted by Gasteiger charge is -2.27. The van der Waals surface area contributed by atoms with Crippen molar-refractivity contribution in [2.75, 3.05) is 12.3 Å². The monoisotopic (exact) mass is 376 g/mol. The van der Waals surface area contributed by atoms with Gasteiger partial charge in [0.05, 0.1) is 18.4 Å². The molecule has 4 rings (SSSR count). The maximum absolute atomic E-state index is 13.9. The molecule has 0 radical (unpaired) electrons. The van der Waals surface area contributed by atoms with Crippen LogP contribution in [-0.2, 0) is 24.2 Å². The summed E-state index contributed by atoms with van der Waals surface area (Å²) in [5, 5.41) is 1.17. The number of nitrogen functional groups attached to an aromatic ring is 1. The second-order valence-corrected chi connectivity index (χ2v) is 7.38. The Morgan fingerprint density at radius 2 is 2.24 bits per heavy atom. The Morgan fingerprint density at radius 1 is 1.40 bits per heavy atom. The molecule has 0 fully saturated rings. The first-order valence-corrected chi connectivity index (χ1v) is 8.95. The first kappa shape index (κ1) is 16.2. The first-order valence-electron chi connectivity index (χ1n) is 7.76. The lowest BCUT2D eigenvalue weighted by atomic mass is 10.0. The van der Waals surface area contributed by atoms with Crippen molar-refractivity contribution in [2.45, 2.75) is 19.4 Å². The van der Waals surface area contributed by atoms with Crippen LogP contribution in [-0.4, -0.2) is 27.3 Å². The van der Waals surface area contributed by atoms with Gasteiger partial charge in [0.2, 0.25) is 5.91 Å². The molecule has 0 unspecified atom stereocenters. The van der Waals surface area contributed by atoms with Crippen molar-refractivity contribution in [3.05, 3.63) is 51.4 Å². The molecule has 3 heterocycles. The minimum absolute atomic E-state index is 0.0479. The van der Waals surface area contributed by atoms with Gasteiger partial charge >= 0.3 is 0 Å². The summed E-state index contributed by atoms with van der Waals surface area (Å²) in [6.07, 6.45) is 2.08. The lowest BCUT2D eigenvalue weighted by molar-refractivity contribution is -0.131. The second kappa shape index (κ2) is 6.24. The number of hydrogen-bond acceptors (Lipinski definition) is 5. The fourth-order valence-corrected chi connectivity index (χ4v) is 4.57. The maximum atomic E-state index is 13.9. The number of carbonyl (C=O) groups is 1. The number of nitrogens with zero attached hydrogens (tertiary/aromatic N) is 3. The number of carbonyl (C=O) groups excluding carboxylic acids is 1. The Labute approximate surface area is 152 Å². The number of amides is 1. The third-order valence-corrected chi connectivity index (χ3v) is 5.89. The molecule has 0 saturated heterocycles. The van der Waals surface area contributed by atoms with Gasteiger partial charge in [-0.05, 0) is 24.1 Å². The molecule has 2 aromatic heterocycles. The van der Waals surface area contributed by atoms with E-state index in [4.69, 9.17) is 17.3 Å². The highest BCUT2D eigenvalue weighted by Crippen LogP contribution is 2.36. The zero-order chi connectivity index (χ0) is 17.6. The Morgan fingerprint density at radius 3 is 3.04 bits per heavy atom. The van der Waals surface area contributed by atoms with Crippen molar-refractivity contribution in [1.29, 1.82) is 0 Å². The normalized spacial score (nSPS) is 13.9. The number of halogens is 2. The molecular weight excluding hydrogens is 363 g/mol. The van der Waals surface area contributed by atoms with E-state index in [0.717, 1.165) is 20.7 Å². The van der Waals surface area contributed by atoms with Gasteiger partial charge in [-0.3, -0.25) is 4.79 Å². The van der Waals surface area contributed by atoms with E-state index in [1.54, 1.807) is 11.0 Å². The van der Waals surface area contributed by atoms with Crippen LogP contribution < -0.4 is 5.73 Å². The third kappa shape index (κ3) is 2.83. The van der Waals surface area contributed by atoms with E-state index in [-0.39, 0.29) is 22.9 Å². The standard InChI is InChI=1S/C17H14ClFN4OS/c18-11-2-1-3-12(19)10(11)6-14(24)23-5-4-9-13(7-23)25-17-15(9)16(20)21-8-22-17/h1-3,8H,4-7H2,(H2,20,21,22). The second-order valence-electron chi connectivity index (χ2n) is 5.89. The van der Waals surface area contributed by atoms with E-state index in [0.29, 0.717) is 25.3 Å². The predicted molar refractivity (Wildman–Crippen MR) is 96.1 cm³/mol. The number of fused-ring (bicyclic) bond motifs is 3. The summed E-state index contributed by atoms with van der Waals surface area (Å²) in [6, 6.07) is 4.44. The van der Waals surface area contributed by atoms with Gasteiger partial charge in [0.15, 0.2) is 0 Å². The van der Waals surface area contributed by atoms with Crippen LogP contribution in [0.3, 0.4) is 0 Å². The number of rotatable bonds is 2. The summed E-state index contributed by atoms with van der Waals surface area (Å²) in [5.41, 5.74) is 7.33. The Bertz CT molecular complexity index is 970. The first-order chi connectivity index (χ1) is 12.0. The lowest BCUT2D eigenvalue weighted by Crippen LogP contribution is -2.36. The van der Waals surface area contributed by atoms with Gasteiger partial charge < -0.3 is 10.6 Å². The number of thiophene rings is 1. The minimum Gasteiger partial charge on any atom is -0.383 e. The smallest absolute Gasteiger partial charge is 0.227 e. The largest absolute Gasteiger partial charge is 0.383 e. The molecule has 1 aliphatic heterocycles. The summed E-state index contributed by atoms with van der Waals surface area (Å²) in [4.78, 5) is 24.6. The van der Waals surface area contributed by atoms with E-state index in [9.17, 15) is 9.18 Å². The highest BCUT2D eigenvalue weighted by molar-refractivity contribution is 7.19. The molecule has 25 heavy (non-hydrogen) atoms. The van der Waals surface area contributed by atoms with Crippen LogP contribution in [0.5, 0.6) is 0 Å². The van der Waals surface area contributed by atoms with Crippen molar-refractivity contribution in [3.63, 3.8) is 0 Å². The maximum Gasteiger partial charge on any atom is 0.227 e. The van der Waals surface area contributed by atoms with Gasteiger partial charge in [-0.25, -0.2) is 14.4 Å². The minimum atomic E-state index is -0.455. The average Bonchev–Trinajstić information content (AvgIpc) is 2.97. The van der Waals surface area contributed by atoms with Gasteiger partial charge in [-0.1, -0.05) is 17.7 Å². The molecule has 0 atom stereocenters. The molecule has 0 aliphatic carbocycles. The predicted octanol–water partition coefficient (Wildman–Crippen LogP) is 3.19. The Kier molecular flexibility index (Phi) is 4.05. The zero-order valence-electron chi connectivity index (χ0n) is 13.1. The molecule has 5 nitrogen and oxygen atoms in total. The summed E-state index contributed by atoms with van der Waals surface area (Å²) in [6.45, 7) is 1.03. The van der Waals surface area contributed by atoms with E-state index < -0.39 is 5.82 Å². The van der Waals surface area contributed by atoms with E-state index in [2.05, 4.69) is 9.97 Å². The molecule has 1 aliphatic rings. The molecule has 0 saturated carbocycles. The number of anilines is 1. The Hall–Kier alpha value is -2.25. The zero-order valence-corrected chi connectivity index (χ0v) is 14.7. The van der Waals surface area contributed by atoms with Crippen molar-refractivity contribution in [3.8, 4) is 0 Å². The van der Waals surface area contributed by atoms with Crippen molar-refractivity contribution in [2.24, 2.45) is 0 Å². The quantitative estimate of drug-likeness (QED) is 0.745. The highest BCUT2D eigenvalue weighted by atomic mass is 35.5. The van der Waals surface area contributed by atoms with E-state index in [1.165, 1.54) is 29.8 Å². The van der Waals surface area contributed by atoms with Crippen LogP contribution in [0.2, 0.25) is 5.02 Å². The molecule has 1 aromatic carbocycles. The average molecular weight is 377 g/mol. The number of benzene rings is 1. The Balaban J connectivity index is 1.59. The van der Waals surface area contributed by atoms with Crippen LogP contribution in [0, 0.1) is 5.82 Å². The van der Waals surface area contributed by atoms with Crippen LogP contribution in [0.25, 0.3) is 10.2 Å². The molecule has 8 heteroatoms. The van der Waals surface area contributed by atoms with Gasteiger partial charge in [-0.15, -0.1) is 11.3 Å². The van der Waals surface area contributed by atoms with Gasteiger partial charge in [0, 0.05) is 22.0 Å². The summed E-state index contributed by atoms with van der Waals surface area (Å²) in [5.74, 6) is -0.127. The van der Waals surface area contributed by atoms with Gasteiger partial charge in [-0.2, -0.15) is 0 Å². The fraction of sp³-hybridized carbons (Fsp3) is 0.235. The van der Waals surface area contributed by atoms with Crippen molar-refractivity contribution in [1.82, 2.24) is 14.9 Å². The molecule has 128 valence electrons. The summed E-state index contributed by atoms with van der Waals surface area (Å²) < 4.78 is 13.9. The number of nitrogens with two attached hydrogens (primary N) is 1. The highest BCUT2D eigenvalue weighted by Gasteiger charge is 2.26. The topological polar surface area (TPSA) is 72.1 Å². The molecular formula is C17H14ClFN4OS. The van der Waals surface area contributed by atoms with Gasteiger partial charge in [0.25, 0.3) is 0 Å². The van der Waals surface area contributed by atoms with Crippen molar-refractivity contribution < 1.29 is 9.18 Å². The molecule has 2 N–H and O–H groups in total. The SMILES string of the molecule is Nc1ncnc2sc3c(c12)CCN(C(=O)Cc1c(F)cccc1Cl)C3. The molecule has 0 bridgehead atoms. The molecule has 1 amide bonds. The number of aromatic nitrogens is 2. The van der Waals surface area contributed by atoms with Crippen molar-refractivity contribution >= 4 is 44.9 Å². The number of hydrogen-bond donors (Lipinski definition) is 1. The third-order valence-electron chi connectivity index (χ3n) is 4.41. The van der Waals surface area contributed by atoms with Crippen LogP contribution >= 0.6 is 22.9 Å².